The van der Waals surface area contributed by atoms with Crippen LogP contribution in [-0.4, -0.2) is 0 Å². The first-order valence-corrected chi connectivity index (χ1v) is 6.78. The third-order valence-corrected chi connectivity index (χ3v) is 3.17. The molecular weight excluding hydrogens is 287 g/mol. The van der Waals surface area contributed by atoms with Gasteiger partial charge in [-0.05, 0) is 34.9 Å². The van der Waals surface area contributed by atoms with Crippen molar-refractivity contribution in [3.8, 4) is 0 Å². The summed E-state index contributed by atoms with van der Waals surface area (Å²) in [5.41, 5.74) is 3.16. The quantitative estimate of drug-likeness (QED) is 0.598. The van der Waals surface area contributed by atoms with Crippen molar-refractivity contribution in [2.45, 2.75) is 0 Å². The zero-order chi connectivity index (χ0) is 15.0. The molecule has 0 aliphatic heterocycles. The maximum Gasteiger partial charge on any atom is 0.0479 e. The number of hydrogen-bond acceptors (Lipinski definition) is 0. The van der Waals surface area contributed by atoms with E-state index < -0.39 is 0 Å². The first-order chi connectivity index (χ1) is 9.60. The molecule has 0 atom stereocenters. The Morgan fingerprint density at radius 1 is 0.700 bits per heavy atom. The molecule has 0 spiro atoms. The van der Waals surface area contributed by atoms with Crippen molar-refractivity contribution in [2.75, 3.05) is 0 Å². The smallest absolute Gasteiger partial charge is 0.0479 e. The lowest BCUT2D eigenvalue weighted by atomic mass is 10.1. The number of benzene rings is 2. The van der Waals surface area contributed by atoms with Crippen LogP contribution in [0.15, 0.2) is 62.2 Å². The van der Waals surface area contributed by atoms with Crippen molar-refractivity contribution < 1.29 is 0 Å². The van der Waals surface area contributed by atoms with Crippen molar-refractivity contribution in [2.24, 2.45) is 0 Å². The molecule has 0 unspecified atom stereocenters. The third-order valence-electron chi connectivity index (χ3n) is 2.59. The molecule has 2 aromatic rings. The van der Waals surface area contributed by atoms with E-state index in [0.717, 1.165) is 16.7 Å². The Morgan fingerprint density at radius 3 is 1.55 bits per heavy atom. The molecule has 0 aliphatic carbocycles. The fourth-order valence-electron chi connectivity index (χ4n) is 1.44. The molecular formula is C18H16Cl2. The van der Waals surface area contributed by atoms with Crippen LogP contribution in [0.3, 0.4) is 0 Å². The van der Waals surface area contributed by atoms with E-state index in [-0.39, 0.29) is 0 Å². The Balaban J connectivity index is 0.000000200. The van der Waals surface area contributed by atoms with Crippen LogP contribution in [0.1, 0.15) is 16.7 Å². The van der Waals surface area contributed by atoms with Gasteiger partial charge in [0.1, 0.15) is 0 Å². The van der Waals surface area contributed by atoms with Gasteiger partial charge in [0.15, 0.2) is 0 Å². The van der Waals surface area contributed by atoms with E-state index in [1.54, 1.807) is 24.3 Å². The minimum absolute atomic E-state index is 0.680. The van der Waals surface area contributed by atoms with Gasteiger partial charge >= 0.3 is 0 Å². The molecule has 0 fully saturated rings. The molecule has 0 heterocycles. The van der Waals surface area contributed by atoms with Gasteiger partial charge in [-0.15, -0.1) is 0 Å². The van der Waals surface area contributed by atoms with E-state index in [1.807, 2.05) is 36.4 Å². The predicted octanol–water partition coefficient (Wildman–Crippen LogP) is 6.61. The van der Waals surface area contributed by atoms with Gasteiger partial charge in [-0.1, -0.05) is 85.4 Å². The maximum absolute atomic E-state index is 5.77. The number of rotatable bonds is 3. The lowest BCUT2D eigenvalue weighted by Gasteiger charge is -1.96. The highest BCUT2D eigenvalue weighted by molar-refractivity contribution is 6.34. The van der Waals surface area contributed by atoms with E-state index in [1.165, 1.54) is 0 Å². The van der Waals surface area contributed by atoms with Gasteiger partial charge in [-0.25, -0.2) is 0 Å². The molecule has 0 radical (unpaired) electrons. The number of halogens is 2. The Bertz CT molecular complexity index is 568. The van der Waals surface area contributed by atoms with Crippen LogP contribution in [0.25, 0.3) is 18.2 Å². The van der Waals surface area contributed by atoms with Gasteiger partial charge in [-0.3, -0.25) is 0 Å². The van der Waals surface area contributed by atoms with Crippen LogP contribution in [0.4, 0.5) is 0 Å². The lowest BCUT2D eigenvalue weighted by Crippen LogP contribution is -1.72. The predicted molar refractivity (Wildman–Crippen MR) is 93.2 cm³/mol. The molecule has 0 bridgehead atoms. The van der Waals surface area contributed by atoms with E-state index in [2.05, 4.69) is 19.7 Å². The summed E-state index contributed by atoms with van der Waals surface area (Å²) in [7, 11) is 0. The van der Waals surface area contributed by atoms with Gasteiger partial charge in [-0.2, -0.15) is 0 Å². The Labute approximate surface area is 130 Å². The number of hydrogen-bond donors (Lipinski definition) is 0. The van der Waals surface area contributed by atoms with Gasteiger partial charge in [0.2, 0.25) is 0 Å². The van der Waals surface area contributed by atoms with Crippen molar-refractivity contribution in [3.05, 3.63) is 88.9 Å². The van der Waals surface area contributed by atoms with Crippen molar-refractivity contribution >= 4 is 41.4 Å². The Kier molecular flexibility index (Phi) is 6.86. The highest BCUT2D eigenvalue weighted by atomic mass is 35.5. The van der Waals surface area contributed by atoms with Gasteiger partial charge in [0.05, 0.1) is 0 Å². The molecule has 2 heteroatoms. The zero-order valence-corrected chi connectivity index (χ0v) is 12.7. The average Bonchev–Trinajstić information content (AvgIpc) is 2.50. The van der Waals surface area contributed by atoms with Crippen LogP contribution in [0.5, 0.6) is 0 Å². The summed E-state index contributed by atoms with van der Waals surface area (Å²) in [6.45, 7) is 10.9. The summed E-state index contributed by atoms with van der Waals surface area (Å²) < 4.78 is 0. The normalized spacial score (nSPS) is 9.10. The molecule has 0 nitrogen and oxygen atoms in total. The maximum atomic E-state index is 5.77. The molecule has 102 valence electrons. The second-order valence-corrected chi connectivity index (χ2v) is 4.79. The van der Waals surface area contributed by atoms with E-state index in [4.69, 9.17) is 23.2 Å². The van der Waals surface area contributed by atoms with Gasteiger partial charge < -0.3 is 0 Å². The molecule has 2 aromatic carbocycles. The second kappa shape index (κ2) is 8.42. The first kappa shape index (κ1) is 16.3. The Morgan fingerprint density at radius 2 is 1.20 bits per heavy atom. The molecule has 0 saturated heterocycles. The van der Waals surface area contributed by atoms with Crippen LogP contribution >= 0.6 is 23.2 Å². The van der Waals surface area contributed by atoms with E-state index in [9.17, 15) is 0 Å². The molecule has 0 amide bonds. The van der Waals surface area contributed by atoms with Crippen LogP contribution in [0, 0.1) is 0 Å². The van der Waals surface area contributed by atoms with Crippen LogP contribution in [-0.2, 0) is 0 Å². The first-order valence-electron chi connectivity index (χ1n) is 6.03. The lowest BCUT2D eigenvalue weighted by molar-refractivity contribution is 1.63. The van der Waals surface area contributed by atoms with E-state index >= 15 is 0 Å². The zero-order valence-electron chi connectivity index (χ0n) is 11.2. The van der Waals surface area contributed by atoms with Crippen molar-refractivity contribution in [3.63, 3.8) is 0 Å². The molecule has 0 aromatic heterocycles. The SMILES string of the molecule is C=Cc1cc(Cl)ccc1Cl.C=Cc1ccc(C=C)cc1. The summed E-state index contributed by atoms with van der Waals surface area (Å²) in [4.78, 5) is 0. The summed E-state index contributed by atoms with van der Waals surface area (Å²) in [5.74, 6) is 0. The summed E-state index contributed by atoms with van der Waals surface area (Å²) in [6.07, 6.45) is 5.33. The summed E-state index contributed by atoms with van der Waals surface area (Å²) >= 11 is 11.5. The largest absolute Gasteiger partial charge is 0.0985 e. The highest BCUT2D eigenvalue weighted by Crippen LogP contribution is 2.20. The minimum Gasteiger partial charge on any atom is -0.0985 e. The van der Waals surface area contributed by atoms with Crippen LogP contribution < -0.4 is 0 Å². The standard InChI is InChI=1S/C10H10.C8H6Cl2/c1-3-9-5-7-10(4-2)8-6-9;1-2-6-5-7(9)3-4-8(6)10/h3-8H,1-2H2;2-5H,1H2. The fourth-order valence-corrected chi connectivity index (χ4v) is 1.81. The monoisotopic (exact) mass is 302 g/mol. The fraction of sp³-hybridized carbons (Fsp3) is 0. The van der Waals surface area contributed by atoms with Crippen molar-refractivity contribution in [1.82, 2.24) is 0 Å². The van der Waals surface area contributed by atoms with Gasteiger partial charge in [0, 0.05) is 10.0 Å². The minimum atomic E-state index is 0.680. The van der Waals surface area contributed by atoms with Crippen LogP contribution in [0.2, 0.25) is 10.0 Å². The topological polar surface area (TPSA) is 0 Å². The van der Waals surface area contributed by atoms with E-state index in [0.29, 0.717) is 10.0 Å². The Hall–Kier alpha value is -1.76. The second-order valence-electron chi connectivity index (χ2n) is 3.94. The third kappa shape index (κ3) is 5.08. The molecule has 2 rings (SSSR count). The van der Waals surface area contributed by atoms with Crippen molar-refractivity contribution in [1.29, 1.82) is 0 Å². The molecule has 20 heavy (non-hydrogen) atoms. The average molecular weight is 303 g/mol. The van der Waals surface area contributed by atoms with Gasteiger partial charge in [0.25, 0.3) is 0 Å². The molecule has 0 N–H and O–H groups in total. The highest BCUT2D eigenvalue weighted by Gasteiger charge is 1.94. The molecule has 0 aliphatic rings. The molecule has 0 saturated carbocycles. The summed E-state index contributed by atoms with van der Waals surface area (Å²) in [5, 5.41) is 1.36. The summed E-state index contributed by atoms with van der Waals surface area (Å²) in [6, 6.07) is 13.3.